The van der Waals surface area contributed by atoms with E-state index in [4.69, 9.17) is 9.84 Å². The molecule has 1 fully saturated rings. The molecule has 0 radical (unpaired) electrons. The summed E-state index contributed by atoms with van der Waals surface area (Å²) in [5, 5.41) is 8.33. The molecule has 1 rings (SSSR count). The molecule has 0 aliphatic carbocycles. The van der Waals surface area contributed by atoms with E-state index >= 15 is 0 Å². The lowest BCUT2D eigenvalue weighted by atomic mass is 10.2. The molecule has 0 bridgehead atoms. The number of hydrogen-bond donors (Lipinski definition) is 1. The Morgan fingerprint density at radius 1 is 1.67 bits per heavy atom. The van der Waals surface area contributed by atoms with Crippen molar-refractivity contribution in [1.82, 2.24) is 4.90 Å². The molecule has 4 nitrogen and oxygen atoms in total. The number of hydrogen-bond acceptors (Lipinski definition) is 3. The molecule has 6 heteroatoms. The predicted octanol–water partition coefficient (Wildman–Crippen LogP) is 0.817. The number of rotatable bonds is 5. The van der Waals surface area contributed by atoms with E-state index in [-0.39, 0.29) is 38.6 Å². The topological polar surface area (TPSA) is 49.8 Å². The van der Waals surface area contributed by atoms with E-state index in [2.05, 4.69) is 0 Å². The molecule has 0 unspecified atom stereocenters. The SMILES string of the molecule is CN1CC(F)(F)C[C@H]1COCCC(=O)O. The number of alkyl halides is 2. The van der Waals surface area contributed by atoms with Crippen molar-refractivity contribution in [3.05, 3.63) is 0 Å². The smallest absolute Gasteiger partial charge is 0.305 e. The Balaban J connectivity index is 2.19. The van der Waals surface area contributed by atoms with E-state index in [1.807, 2.05) is 0 Å². The van der Waals surface area contributed by atoms with Crippen molar-refractivity contribution >= 4 is 5.97 Å². The summed E-state index contributed by atoms with van der Waals surface area (Å²) in [6.45, 7) is -0.00935. The molecule has 1 aliphatic rings. The Kier molecular flexibility index (Phi) is 3.98. The fourth-order valence-corrected chi connectivity index (χ4v) is 1.62. The highest BCUT2D eigenvalue weighted by Gasteiger charge is 2.43. The number of carbonyl (C=O) groups is 1. The number of likely N-dealkylation sites (tertiary alicyclic amines) is 1. The zero-order chi connectivity index (χ0) is 11.5. The van der Waals surface area contributed by atoms with Crippen molar-refractivity contribution < 1.29 is 23.4 Å². The summed E-state index contributed by atoms with van der Waals surface area (Å²) >= 11 is 0. The minimum absolute atomic E-state index is 0.0746. The molecular formula is C9H15F2NO3. The van der Waals surface area contributed by atoms with Crippen molar-refractivity contribution in [2.75, 3.05) is 26.8 Å². The van der Waals surface area contributed by atoms with Crippen molar-refractivity contribution in [3.63, 3.8) is 0 Å². The van der Waals surface area contributed by atoms with Crippen molar-refractivity contribution in [3.8, 4) is 0 Å². The monoisotopic (exact) mass is 223 g/mol. The van der Waals surface area contributed by atoms with Crippen molar-refractivity contribution in [2.24, 2.45) is 0 Å². The van der Waals surface area contributed by atoms with E-state index in [1.165, 1.54) is 0 Å². The van der Waals surface area contributed by atoms with Crippen LogP contribution in [-0.2, 0) is 9.53 Å². The average molecular weight is 223 g/mol. The molecule has 88 valence electrons. The summed E-state index contributed by atoms with van der Waals surface area (Å²) in [5.74, 6) is -3.59. The van der Waals surface area contributed by atoms with Gasteiger partial charge in [0.25, 0.3) is 5.92 Å². The van der Waals surface area contributed by atoms with Crippen LogP contribution in [0.5, 0.6) is 0 Å². The normalized spacial score (nSPS) is 25.7. The highest BCUT2D eigenvalue weighted by Crippen LogP contribution is 2.30. The van der Waals surface area contributed by atoms with E-state index in [1.54, 1.807) is 11.9 Å². The summed E-state index contributed by atoms with van der Waals surface area (Å²) in [6, 6.07) is -0.311. The molecule has 0 saturated carbocycles. The summed E-state index contributed by atoms with van der Waals surface area (Å²) < 4.78 is 30.8. The van der Waals surface area contributed by atoms with E-state index in [0.717, 1.165) is 0 Å². The molecule has 0 aromatic rings. The number of likely N-dealkylation sites (N-methyl/N-ethyl adjacent to an activating group) is 1. The lowest BCUT2D eigenvalue weighted by Crippen LogP contribution is -2.30. The van der Waals surface area contributed by atoms with Gasteiger partial charge in [-0.15, -0.1) is 0 Å². The quantitative estimate of drug-likeness (QED) is 0.701. The Morgan fingerprint density at radius 2 is 2.33 bits per heavy atom. The fraction of sp³-hybridized carbons (Fsp3) is 0.889. The molecule has 0 aromatic carbocycles. The average Bonchev–Trinajstić information content (AvgIpc) is 2.33. The summed E-state index contributed by atoms with van der Waals surface area (Å²) in [7, 11) is 1.62. The van der Waals surface area contributed by atoms with Crippen LogP contribution in [0.3, 0.4) is 0 Å². The third-order valence-electron chi connectivity index (χ3n) is 2.41. The molecule has 1 heterocycles. The largest absolute Gasteiger partial charge is 0.481 e. The molecule has 1 saturated heterocycles. The van der Waals surface area contributed by atoms with Crippen LogP contribution in [0.2, 0.25) is 0 Å². The van der Waals surface area contributed by atoms with Crippen LogP contribution in [0, 0.1) is 0 Å². The standard InChI is InChI=1S/C9H15F2NO3/c1-12-6-9(10,11)4-7(12)5-15-3-2-8(13)14/h7H,2-6H2,1H3,(H,13,14)/t7-/m0/s1. The van der Waals surface area contributed by atoms with Crippen LogP contribution in [0.15, 0.2) is 0 Å². The third kappa shape index (κ3) is 4.09. The Bertz CT molecular complexity index is 235. The van der Waals surface area contributed by atoms with Gasteiger partial charge in [-0.05, 0) is 7.05 Å². The zero-order valence-electron chi connectivity index (χ0n) is 8.58. The molecule has 0 aromatic heterocycles. The molecule has 0 spiro atoms. The van der Waals surface area contributed by atoms with E-state index < -0.39 is 11.9 Å². The molecule has 0 amide bonds. The third-order valence-corrected chi connectivity index (χ3v) is 2.41. The van der Waals surface area contributed by atoms with Crippen molar-refractivity contribution in [2.45, 2.75) is 24.8 Å². The second-order valence-electron chi connectivity index (χ2n) is 3.85. The maximum absolute atomic E-state index is 12.9. The second-order valence-corrected chi connectivity index (χ2v) is 3.85. The van der Waals surface area contributed by atoms with Gasteiger partial charge in [-0.25, -0.2) is 8.78 Å². The molecule has 15 heavy (non-hydrogen) atoms. The lowest BCUT2D eigenvalue weighted by Gasteiger charge is -2.17. The van der Waals surface area contributed by atoms with Gasteiger partial charge in [0.1, 0.15) is 0 Å². The van der Waals surface area contributed by atoms with Crippen LogP contribution in [0.1, 0.15) is 12.8 Å². The van der Waals surface area contributed by atoms with Gasteiger partial charge in [-0.1, -0.05) is 0 Å². The van der Waals surface area contributed by atoms with Crippen LogP contribution in [0.4, 0.5) is 8.78 Å². The number of carboxylic acid groups (broad SMARTS) is 1. The number of halogens is 2. The predicted molar refractivity (Wildman–Crippen MR) is 49.1 cm³/mol. The maximum Gasteiger partial charge on any atom is 0.305 e. The molecule has 1 aliphatic heterocycles. The van der Waals surface area contributed by atoms with Gasteiger partial charge in [0.15, 0.2) is 0 Å². The minimum atomic E-state index is -2.64. The van der Waals surface area contributed by atoms with E-state index in [0.29, 0.717) is 0 Å². The van der Waals surface area contributed by atoms with E-state index in [9.17, 15) is 13.6 Å². The number of aliphatic carboxylic acids is 1. The first-order chi connectivity index (χ1) is 6.91. The Labute approximate surface area is 86.8 Å². The molecule has 1 N–H and O–H groups in total. The van der Waals surface area contributed by atoms with Crippen LogP contribution < -0.4 is 0 Å². The van der Waals surface area contributed by atoms with Gasteiger partial charge in [-0.3, -0.25) is 9.69 Å². The molecular weight excluding hydrogens is 208 g/mol. The van der Waals surface area contributed by atoms with Gasteiger partial charge >= 0.3 is 5.97 Å². The van der Waals surface area contributed by atoms with Crippen molar-refractivity contribution in [1.29, 1.82) is 0 Å². The van der Waals surface area contributed by atoms with Crippen LogP contribution in [-0.4, -0.2) is 54.7 Å². The summed E-state index contributed by atoms with van der Waals surface area (Å²) in [5.41, 5.74) is 0. The van der Waals surface area contributed by atoms with Gasteiger partial charge in [0, 0.05) is 12.5 Å². The Morgan fingerprint density at radius 3 is 2.80 bits per heavy atom. The first kappa shape index (κ1) is 12.3. The number of ether oxygens (including phenoxy) is 1. The van der Waals surface area contributed by atoms with Gasteiger partial charge < -0.3 is 9.84 Å². The highest BCUT2D eigenvalue weighted by molar-refractivity contribution is 5.66. The number of nitrogens with zero attached hydrogens (tertiary/aromatic N) is 1. The van der Waals surface area contributed by atoms with Gasteiger partial charge in [0.05, 0.1) is 26.2 Å². The molecule has 1 atom stereocenters. The first-order valence-electron chi connectivity index (χ1n) is 4.78. The first-order valence-corrected chi connectivity index (χ1v) is 4.78. The van der Waals surface area contributed by atoms with Crippen LogP contribution in [0.25, 0.3) is 0 Å². The summed E-state index contributed by atoms with van der Waals surface area (Å²) in [4.78, 5) is 11.7. The number of carboxylic acids is 1. The van der Waals surface area contributed by atoms with Gasteiger partial charge in [0.2, 0.25) is 0 Å². The lowest BCUT2D eigenvalue weighted by molar-refractivity contribution is -0.138. The highest BCUT2D eigenvalue weighted by atomic mass is 19.3. The zero-order valence-corrected chi connectivity index (χ0v) is 8.58. The summed E-state index contributed by atoms with van der Waals surface area (Å²) in [6.07, 6.45) is -0.302. The Hall–Kier alpha value is -0.750. The maximum atomic E-state index is 12.9. The minimum Gasteiger partial charge on any atom is -0.481 e. The fourth-order valence-electron chi connectivity index (χ4n) is 1.62. The van der Waals surface area contributed by atoms with Gasteiger partial charge in [-0.2, -0.15) is 0 Å². The van der Waals surface area contributed by atoms with Crippen LogP contribution >= 0.6 is 0 Å². The second kappa shape index (κ2) is 4.85.